The van der Waals surface area contributed by atoms with Gasteiger partial charge in [-0.1, -0.05) is 30.3 Å². The van der Waals surface area contributed by atoms with Crippen LogP contribution < -0.4 is 5.32 Å². The van der Waals surface area contributed by atoms with Gasteiger partial charge in [0.25, 0.3) is 0 Å². The number of para-hydroxylation sites is 1. The fourth-order valence-electron chi connectivity index (χ4n) is 2.28. The maximum atomic E-state index is 4.24. The van der Waals surface area contributed by atoms with Gasteiger partial charge in [0.05, 0.1) is 27.4 Å². The van der Waals surface area contributed by atoms with Gasteiger partial charge in [-0.25, -0.2) is 4.68 Å². The van der Waals surface area contributed by atoms with Crippen LogP contribution in [0, 0.1) is 0 Å². The van der Waals surface area contributed by atoms with E-state index in [-0.39, 0.29) is 6.04 Å². The number of rotatable bonds is 5. The molecule has 0 amide bonds. The first-order valence-electron chi connectivity index (χ1n) is 6.73. The average molecular weight is 363 g/mol. The summed E-state index contributed by atoms with van der Waals surface area (Å²) in [6, 6.07) is 12.3. The molecule has 0 bridgehead atoms. The lowest BCUT2D eigenvalue weighted by molar-refractivity contribution is 0.593. The third kappa shape index (κ3) is 3.07. The first-order chi connectivity index (χ1) is 10.3. The Balaban J connectivity index is 2.03. The molecule has 1 unspecified atom stereocenters. The maximum absolute atomic E-state index is 4.24. The topological polar surface area (TPSA) is 42.7 Å². The van der Waals surface area contributed by atoms with Crippen molar-refractivity contribution in [3.8, 4) is 5.69 Å². The fourth-order valence-corrected chi connectivity index (χ4v) is 3.48. The van der Waals surface area contributed by atoms with Gasteiger partial charge < -0.3 is 5.32 Å². The molecule has 0 aliphatic carbocycles. The third-order valence-electron chi connectivity index (χ3n) is 3.20. The number of nitrogens with one attached hydrogen (secondary N) is 1. The van der Waals surface area contributed by atoms with Crippen LogP contribution in [0.25, 0.3) is 5.69 Å². The standard InChI is InChI=1S/C15H15BrN4S/c1-2-17-15(11-8-14(16)21-10-11)13-9-18-19-20(13)12-6-4-3-5-7-12/h3-10,15,17H,2H2,1H3. The minimum atomic E-state index is 0.0766. The molecule has 2 aromatic heterocycles. The van der Waals surface area contributed by atoms with Crippen molar-refractivity contribution < 1.29 is 0 Å². The lowest BCUT2D eigenvalue weighted by Gasteiger charge is -2.17. The second kappa shape index (κ2) is 6.51. The van der Waals surface area contributed by atoms with E-state index < -0.39 is 0 Å². The van der Waals surface area contributed by atoms with E-state index in [1.807, 2.05) is 41.2 Å². The molecule has 0 saturated carbocycles. The van der Waals surface area contributed by atoms with Crippen molar-refractivity contribution in [1.29, 1.82) is 0 Å². The Morgan fingerprint density at radius 1 is 1.33 bits per heavy atom. The summed E-state index contributed by atoms with van der Waals surface area (Å²) in [5.41, 5.74) is 3.27. The van der Waals surface area contributed by atoms with Crippen molar-refractivity contribution in [2.45, 2.75) is 13.0 Å². The number of benzene rings is 1. The Kier molecular flexibility index (Phi) is 4.48. The van der Waals surface area contributed by atoms with Gasteiger partial charge in [0.1, 0.15) is 0 Å². The number of hydrogen-bond donors (Lipinski definition) is 1. The van der Waals surface area contributed by atoms with Gasteiger partial charge in [0.2, 0.25) is 0 Å². The predicted molar refractivity (Wildman–Crippen MR) is 88.9 cm³/mol. The number of hydrogen-bond acceptors (Lipinski definition) is 4. The number of halogens is 1. The maximum Gasteiger partial charge on any atom is 0.0860 e. The molecule has 1 atom stereocenters. The minimum absolute atomic E-state index is 0.0766. The van der Waals surface area contributed by atoms with Crippen LogP contribution in [-0.4, -0.2) is 21.5 Å². The number of thiophene rings is 1. The van der Waals surface area contributed by atoms with Crippen molar-refractivity contribution in [2.75, 3.05) is 6.54 Å². The minimum Gasteiger partial charge on any atom is -0.305 e. The summed E-state index contributed by atoms with van der Waals surface area (Å²) >= 11 is 5.22. The van der Waals surface area contributed by atoms with Crippen LogP contribution in [0.4, 0.5) is 0 Å². The van der Waals surface area contributed by atoms with Crippen molar-refractivity contribution >= 4 is 27.3 Å². The Morgan fingerprint density at radius 3 is 2.81 bits per heavy atom. The molecule has 108 valence electrons. The summed E-state index contributed by atoms with van der Waals surface area (Å²) in [4.78, 5) is 0. The normalized spacial score (nSPS) is 12.5. The van der Waals surface area contributed by atoms with Gasteiger partial charge in [-0.05, 0) is 51.6 Å². The molecule has 0 spiro atoms. The molecule has 3 aromatic rings. The Morgan fingerprint density at radius 2 is 2.14 bits per heavy atom. The first kappa shape index (κ1) is 14.4. The van der Waals surface area contributed by atoms with Gasteiger partial charge in [-0.2, -0.15) is 0 Å². The zero-order valence-corrected chi connectivity index (χ0v) is 13.9. The first-order valence-corrected chi connectivity index (χ1v) is 8.40. The van der Waals surface area contributed by atoms with Crippen LogP contribution in [0.1, 0.15) is 24.2 Å². The molecule has 21 heavy (non-hydrogen) atoms. The van der Waals surface area contributed by atoms with Gasteiger partial charge in [-0.3, -0.25) is 0 Å². The van der Waals surface area contributed by atoms with Crippen LogP contribution in [0.3, 0.4) is 0 Å². The summed E-state index contributed by atoms with van der Waals surface area (Å²) in [5.74, 6) is 0. The van der Waals surface area contributed by atoms with E-state index >= 15 is 0 Å². The monoisotopic (exact) mass is 362 g/mol. The molecule has 0 aliphatic rings. The quantitative estimate of drug-likeness (QED) is 0.750. The number of nitrogens with zero attached hydrogens (tertiary/aromatic N) is 3. The van der Waals surface area contributed by atoms with Crippen molar-refractivity contribution in [1.82, 2.24) is 20.3 Å². The Hall–Kier alpha value is -1.50. The van der Waals surface area contributed by atoms with E-state index in [1.165, 1.54) is 5.56 Å². The van der Waals surface area contributed by atoms with Crippen LogP contribution >= 0.6 is 27.3 Å². The molecule has 3 rings (SSSR count). The SMILES string of the molecule is CCNC(c1csc(Br)c1)c1cnnn1-c1ccccc1. The van der Waals surface area contributed by atoms with E-state index in [9.17, 15) is 0 Å². The lowest BCUT2D eigenvalue weighted by Crippen LogP contribution is -2.24. The highest BCUT2D eigenvalue weighted by atomic mass is 79.9. The van der Waals surface area contributed by atoms with Gasteiger partial charge in [-0.15, -0.1) is 16.4 Å². The largest absolute Gasteiger partial charge is 0.305 e. The van der Waals surface area contributed by atoms with Crippen LogP contribution in [0.2, 0.25) is 0 Å². The molecule has 0 aliphatic heterocycles. The summed E-state index contributed by atoms with van der Waals surface area (Å²) in [6.07, 6.45) is 1.83. The third-order valence-corrected chi connectivity index (χ3v) is 4.72. The molecular weight excluding hydrogens is 348 g/mol. The molecule has 6 heteroatoms. The highest BCUT2D eigenvalue weighted by Crippen LogP contribution is 2.29. The highest BCUT2D eigenvalue weighted by Gasteiger charge is 2.20. The summed E-state index contributed by atoms with van der Waals surface area (Å²) in [5, 5.41) is 14.0. The molecule has 0 radical (unpaired) electrons. The second-order valence-corrected chi connectivity index (χ2v) is 6.87. The van der Waals surface area contributed by atoms with Gasteiger partial charge in [0, 0.05) is 0 Å². The molecule has 0 saturated heterocycles. The van der Waals surface area contributed by atoms with Gasteiger partial charge >= 0.3 is 0 Å². The van der Waals surface area contributed by atoms with E-state index in [0.717, 1.165) is 21.7 Å². The Labute approximate surface area is 135 Å². The van der Waals surface area contributed by atoms with Crippen molar-refractivity contribution in [3.05, 3.63) is 63.0 Å². The molecule has 0 fully saturated rings. The van der Waals surface area contributed by atoms with E-state index in [1.54, 1.807) is 11.3 Å². The molecule has 1 N–H and O–H groups in total. The van der Waals surface area contributed by atoms with Gasteiger partial charge in [0.15, 0.2) is 0 Å². The van der Waals surface area contributed by atoms with E-state index in [0.29, 0.717) is 0 Å². The average Bonchev–Trinajstić information content (AvgIpc) is 3.15. The number of aromatic nitrogens is 3. The molecule has 2 heterocycles. The van der Waals surface area contributed by atoms with Crippen molar-refractivity contribution in [2.24, 2.45) is 0 Å². The second-order valence-electron chi connectivity index (χ2n) is 4.58. The Bertz CT molecular complexity index is 707. The zero-order valence-electron chi connectivity index (χ0n) is 11.5. The molecule has 4 nitrogen and oxygen atoms in total. The predicted octanol–water partition coefficient (Wildman–Crippen LogP) is 3.79. The highest BCUT2D eigenvalue weighted by molar-refractivity contribution is 9.11. The van der Waals surface area contributed by atoms with E-state index in [4.69, 9.17) is 0 Å². The van der Waals surface area contributed by atoms with Crippen molar-refractivity contribution in [3.63, 3.8) is 0 Å². The fraction of sp³-hybridized carbons (Fsp3) is 0.200. The van der Waals surface area contributed by atoms with Crippen LogP contribution in [0.5, 0.6) is 0 Å². The smallest absolute Gasteiger partial charge is 0.0860 e. The lowest BCUT2D eigenvalue weighted by atomic mass is 10.1. The van der Waals surface area contributed by atoms with Crippen LogP contribution in [-0.2, 0) is 0 Å². The summed E-state index contributed by atoms with van der Waals surface area (Å²) in [7, 11) is 0. The van der Waals surface area contributed by atoms with E-state index in [2.05, 4.69) is 49.9 Å². The molecular formula is C15H15BrN4S. The zero-order chi connectivity index (χ0) is 14.7. The summed E-state index contributed by atoms with van der Waals surface area (Å²) in [6.45, 7) is 2.98. The summed E-state index contributed by atoms with van der Waals surface area (Å²) < 4.78 is 3.01. The van der Waals surface area contributed by atoms with Crippen LogP contribution in [0.15, 0.2) is 51.8 Å². The molecule has 1 aromatic carbocycles.